The van der Waals surface area contributed by atoms with Crippen LogP contribution in [0.4, 0.5) is 10.5 Å². The minimum atomic E-state index is -0.231. The predicted molar refractivity (Wildman–Crippen MR) is 104 cm³/mol. The molecule has 6 nitrogen and oxygen atoms in total. The molecule has 7 heteroatoms. The van der Waals surface area contributed by atoms with Crippen LogP contribution in [0.15, 0.2) is 41.1 Å². The Kier molecular flexibility index (Phi) is 6.88. The van der Waals surface area contributed by atoms with Crippen LogP contribution in [0, 0.1) is 0 Å². The second-order valence-electron chi connectivity index (χ2n) is 5.99. The average molecular weight is 375 g/mol. The van der Waals surface area contributed by atoms with Crippen LogP contribution in [0.25, 0.3) is 0 Å². The Bertz CT molecular complexity index is 687. The van der Waals surface area contributed by atoms with Gasteiger partial charge in [0.05, 0.1) is 31.5 Å². The SMILES string of the molecule is CCOc1ccccc1NC(=O)NCC(c1ccsc1)N1CCOCC1. The first-order chi connectivity index (χ1) is 12.8. The predicted octanol–water partition coefficient (Wildman–Crippen LogP) is 3.34. The summed E-state index contributed by atoms with van der Waals surface area (Å²) in [4.78, 5) is 14.8. The van der Waals surface area contributed by atoms with E-state index in [1.807, 2.05) is 31.2 Å². The van der Waals surface area contributed by atoms with E-state index < -0.39 is 0 Å². The Morgan fingerprint density at radius 2 is 2.12 bits per heavy atom. The van der Waals surface area contributed by atoms with E-state index in [2.05, 4.69) is 32.4 Å². The largest absolute Gasteiger partial charge is 0.492 e. The van der Waals surface area contributed by atoms with Crippen molar-refractivity contribution in [2.24, 2.45) is 0 Å². The van der Waals surface area contributed by atoms with E-state index in [1.54, 1.807) is 11.3 Å². The fraction of sp³-hybridized carbons (Fsp3) is 0.421. The number of morpholine rings is 1. The standard InChI is InChI=1S/C19H25N3O3S/c1-2-25-18-6-4-3-5-16(18)21-19(23)20-13-17(15-7-12-26-14-15)22-8-10-24-11-9-22/h3-7,12,14,17H,2,8-11,13H2,1H3,(H2,20,21,23). The van der Waals surface area contributed by atoms with Crippen LogP contribution >= 0.6 is 11.3 Å². The normalized spacial score (nSPS) is 16.0. The molecule has 1 fully saturated rings. The quantitative estimate of drug-likeness (QED) is 0.779. The molecule has 2 N–H and O–H groups in total. The van der Waals surface area contributed by atoms with E-state index >= 15 is 0 Å². The fourth-order valence-electron chi connectivity index (χ4n) is 3.02. The van der Waals surface area contributed by atoms with Crippen molar-refractivity contribution in [3.8, 4) is 5.75 Å². The number of hydrogen-bond donors (Lipinski definition) is 2. The number of thiophene rings is 1. The lowest BCUT2D eigenvalue weighted by molar-refractivity contribution is 0.0168. The molecule has 26 heavy (non-hydrogen) atoms. The van der Waals surface area contributed by atoms with Gasteiger partial charge >= 0.3 is 6.03 Å². The number of para-hydroxylation sites is 2. The molecular formula is C19H25N3O3S. The van der Waals surface area contributed by atoms with Gasteiger partial charge in [-0.2, -0.15) is 11.3 Å². The molecule has 1 unspecified atom stereocenters. The van der Waals surface area contributed by atoms with Gasteiger partial charge in [0.2, 0.25) is 0 Å². The van der Waals surface area contributed by atoms with Crippen LogP contribution in [0.1, 0.15) is 18.5 Å². The second kappa shape index (κ2) is 9.56. The molecule has 2 aromatic rings. The van der Waals surface area contributed by atoms with E-state index in [1.165, 1.54) is 5.56 Å². The van der Waals surface area contributed by atoms with Crippen molar-refractivity contribution in [3.63, 3.8) is 0 Å². The summed E-state index contributed by atoms with van der Waals surface area (Å²) in [5, 5.41) is 10.1. The van der Waals surface area contributed by atoms with Gasteiger partial charge < -0.3 is 20.1 Å². The zero-order valence-electron chi connectivity index (χ0n) is 14.9. The van der Waals surface area contributed by atoms with Crippen molar-refractivity contribution in [3.05, 3.63) is 46.7 Å². The monoisotopic (exact) mass is 375 g/mol. The summed E-state index contributed by atoms with van der Waals surface area (Å²) in [6.07, 6.45) is 0. The number of amides is 2. The number of carbonyl (C=O) groups excluding carboxylic acids is 1. The number of urea groups is 1. The van der Waals surface area contributed by atoms with Gasteiger partial charge in [0.15, 0.2) is 0 Å². The Morgan fingerprint density at radius 3 is 2.85 bits per heavy atom. The van der Waals surface area contributed by atoms with E-state index in [9.17, 15) is 4.79 Å². The van der Waals surface area contributed by atoms with Crippen molar-refractivity contribution in [2.75, 3.05) is 44.8 Å². The van der Waals surface area contributed by atoms with Crippen molar-refractivity contribution in [1.82, 2.24) is 10.2 Å². The number of carbonyl (C=O) groups is 1. The lowest BCUT2D eigenvalue weighted by Gasteiger charge is -2.34. The zero-order chi connectivity index (χ0) is 18.2. The number of ether oxygens (including phenoxy) is 2. The topological polar surface area (TPSA) is 62.8 Å². The first-order valence-electron chi connectivity index (χ1n) is 8.88. The Labute approximate surface area is 158 Å². The maximum Gasteiger partial charge on any atom is 0.319 e. The lowest BCUT2D eigenvalue weighted by atomic mass is 10.1. The molecule has 0 spiro atoms. The van der Waals surface area contributed by atoms with Crippen molar-refractivity contribution in [1.29, 1.82) is 0 Å². The van der Waals surface area contributed by atoms with Gasteiger partial charge in [0.25, 0.3) is 0 Å². The van der Waals surface area contributed by atoms with Crippen molar-refractivity contribution >= 4 is 23.1 Å². The highest BCUT2D eigenvalue weighted by atomic mass is 32.1. The molecule has 1 aromatic carbocycles. The third-order valence-electron chi connectivity index (χ3n) is 4.31. The van der Waals surface area contributed by atoms with E-state index in [0.29, 0.717) is 24.6 Å². The Balaban J connectivity index is 1.61. The minimum Gasteiger partial charge on any atom is -0.492 e. The van der Waals surface area contributed by atoms with Crippen LogP contribution in [-0.2, 0) is 4.74 Å². The van der Waals surface area contributed by atoms with Gasteiger partial charge in [0, 0.05) is 19.6 Å². The highest BCUT2D eigenvalue weighted by Gasteiger charge is 2.23. The van der Waals surface area contributed by atoms with Crippen molar-refractivity contribution < 1.29 is 14.3 Å². The lowest BCUT2D eigenvalue weighted by Crippen LogP contribution is -2.44. The Morgan fingerprint density at radius 1 is 1.31 bits per heavy atom. The number of anilines is 1. The zero-order valence-corrected chi connectivity index (χ0v) is 15.8. The number of benzene rings is 1. The molecule has 0 bridgehead atoms. The van der Waals surface area contributed by atoms with E-state index in [0.717, 1.165) is 26.3 Å². The van der Waals surface area contributed by atoms with Gasteiger partial charge in [-0.05, 0) is 41.4 Å². The number of nitrogens with zero attached hydrogens (tertiary/aromatic N) is 1. The van der Waals surface area contributed by atoms with Gasteiger partial charge in [-0.25, -0.2) is 4.79 Å². The maximum atomic E-state index is 12.4. The molecule has 0 aliphatic carbocycles. The summed E-state index contributed by atoms with van der Waals surface area (Å²) in [6, 6.07) is 9.49. The summed E-state index contributed by atoms with van der Waals surface area (Å²) >= 11 is 1.67. The molecule has 2 amide bonds. The smallest absolute Gasteiger partial charge is 0.319 e. The van der Waals surface area contributed by atoms with Gasteiger partial charge in [-0.3, -0.25) is 4.90 Å². The molecule has 0 saturated carbocycles. The molecule has 0 radical (unpaired) electrons. The molecule has 1 aliphatic rings. The third kappa shape index (κ3) is 4.97. The highest BCUT2D eigenvalue weighted by molar-refractivity contribution is 7.07. The van der Waals surface area contributed by atoms with Crippen molar-refractivity contribution in [2.45, 2.75) is 13.0 Å². The van der Waals surface area contributed by atoms with Crippen LogP contribution < -0.4 is 15.4 Å². The summed E-state index contributed by atoms with van der Waals surface area (Å²) in [6.45, 7) is 6.22. The molecule has 1 saturated heterocycles. The third-order valence-corrected chi connectivity index (χ3v) is 5.01. The molecule has 1 atom stereocenters. The summed E-state index contributed by atoms with van der Waals surface area (Å²) in [5.41, 5.74) is 1.90. The first kappa shape index (κ1) is 18.7. The molecule has 3 rings (SSSR count). The molecule has 2 heterocycles. The van der Waals surface area contributed by atoms with Gasteiger partial charge in [-0.1, -0.05) is 12.1 Å². The summed E-state index contributed by atoms with van der Waals surface area (Å²) < 4.78 is 11.0. The maximum absolute atomic E-state index is 12.4. The van der Waals surface area contributed by atoms with E-state index in [-0.39, 0.29) is 12.1 Å². The second-order valence-corrected chi connectivity index (χ2v) is 6.77. The molecular weight excluding hydrogens is 350 g/mol. The highest BCUT2D eigenvalue weighted by Crippen LogP contribution is 2.25. The number of nitrogens with one attached hydrogen (secondary N) is 2. The van der Waals surface area contributed by atoms with E-state index in [4.69, 9.17) is 9.47 Å². The molecule has 1 aromatic heterocycles. The van der Waals surface area contributed by atoms with Crippen LogP contribution in [0.5, 0.6) is 5.75 Å². The summed E-state index contributed by atoms with van der Waals surface area (Å²) in [5.74, 6) is 0.674. The van der Waals surface area contributed by atoms with Gasteiger partial charge in [-0.15, -0.1) is 0 Å². The van der Waals surface area contributed by atoms with Crippen LogP contribution in [-0.4, -0.2) is 50.4 Å². The first-order valence-corrected chi connectivity index (χ1v) is 9.82. The number of rotatable bonds is 7. The fourth-order valence-corrected chi connectivity index (χ4v) is 3.73. The number of hydrogen-bond acceptors (Lipinski definition) is 5. The molecule has 1 aliphatic heterocycles. The molecule has 140 valence electrons. The summed E-state index contributed by atoms with van der Waals surface area (Å²) in [7, 11) is 0. The van der Waals surface area contributed by atoms with Crippen LogP contribution in [0.3, 0.4) is 0 Å². The average Bonchev–Trinajstić information content (AvgIpc) is 3.19. The van der Waals surface area contributed by atoms with Gasteiger partial charge in [0.1, 0.15) is 5.75 Å². The Hall–Kier alpha value is -2.09. The van der Waals surface area contributed by atoms with Crippen LogP contribution in [0.2, 0.25) is 0 Å². The minimum absolute atomic E-state index is 0.151.